The smallest absolute Gasteiger partial charge is 0.306 e. The fourth-order valence-corrected chi connectivity index (χ4v) is 6.27. The minimum absolute atomic E-state index is 0.179. The van der Waals surface area contributed by atoms with Gasteiger partial charge in [-0.3, -0.25) is 19.2 Å². The van der Waals surface area contributed by atoms with E-state index >= 15 is 0 Å². The standard InChI is InChI=1S/C39H72O8/c1-4-6-8-10-12-18-24-30-37(44)46-34(3)39(32-26-20-14-16-22-28-35(40)41,33-27-21-15-17-23-29-36(42)43)47-38(45)31-25-19-13-11-9-7-5-2/h34H,4-33H2,1-3H3,(H,40,41)(H,42,43). The molecule has 0 amide bonds. The van der Waals surface area contributed by atoms with Crippen LogP contribution in [0.4, 0.5) is 0 Å². The molecule has 0 aliphatic carbocycles. The summed E-state index contributed by atoms with van der Waals surface area (Å²) in [6.07, 6.45) is 25.6. The molecule has 0 aliphatic heterocycles. The molecule has 0 rings (SSSR count). The first kappa shape index (κ1) is 44.9. The van der Waals surface area contributed by atoms with Crippen LogP contribution in [0.2, 0.25) is 0 Å². The highest BCUT2D eigenvalue weighted by molar-refractivity contribution is 5.71. The molecule has 0 saturated heterocycles. The summed E-state index contributed by atoms with van der Waals surface area (Å²) in [7, 11) is 0. The third-order valence-electron chi connectivity index (χ3n) is 9.32. The lowest BCUT2D eigenvalue weighted by Crippen LogP contribution is -2.47. The van der Waals surface area contributed by atoms with Crippen molar-refractivity contribution in [2.24, 2.45) is 0 Å². The van der Waals surface area contributed by atoms with Gasteiger partial charge >= 0.3 is 23.9 Å². The Bertz CT molecular complexity index is 768. The monoisotopic (exact) mass is 669 g/mol. The first-order chi connectivity index (χ1) is 22.7. The fraction of sp³-hybridized carbons (Fsp3) is 0.897. The van der Waals surface area contributed by atoms with E-state index in [1.165, 1.54) is 51.4 Å². The third kappa shape index (κ3) is 27.5. The number of rotatable bonds is 35. The number of carbonyl (C=O) groups excluding carboxylic acids is 2. The molecular weight excluding hydrogens is 596 g/mol. The summed E-state index contributed by atoms with van der Waals surface area (Å²) in [5.74, 6) is -2.00. The maximum Gasteiger partial charge on any atom is 0.306 e. The SMILES string of the molecule is CCCCCCCCCC(=O)OC(C)C(CCCCCCCC(=O)O)(CCCCCCCC(=O)O)OC(=O)CCCCCCCCC. The van der Waals surface area contributed by atoms with Crippen LogP contribution in [0, 0.1) is 0 Å². The van der Waals surface area contributed by atoms with Crippen molar-refractivity contribution in [3.63, 3.8) is 0 Å². The highest BCUT2D eigenvalue weighted by atomic mass is 16.6. The number of hydrogen-bond donors (Lipinski definition) is 2. The molecule has 8 nitrogen and oxygen atoms in total. The Morgan fingerprint density at radius 1 is 0.468 bits per heavy atom. The number of aliphatic carboxylic acids is 2. The lowest BCUT2D eigenvalue weighted by molar-refractivity contribution is -0.188. The normalized spacial score (nSPS) is 12.1. The van der Waals surface area contributed by atoms with Crippen molar-refractivity contribution in [1.29, 1.82) is 0 Å². The summed E-state index contributed by atoms with van der Waals surface area (Å²) >= 11 is 0. The molecule has 0 aromatic heterocycles. The van der Waals surface area contributed by atoms with Crippen LogP contribution in [-0.2, 0) is 28.7 Å². The van der Waals surface area contributed by atoms with Crippen LogP contribution in [0.1, 0.15) is 213 Å². The van der Waals surface area contributed by atoms with Crippen molar-refractivity contribution in [1.82, 2.24) is 0 Å². The van der Waals surface area contributed by atoms with Crippen LogP contribution in [0.25, 0.3) is 0 Å². The second-order valence-electron chi connectivity index (χ2n) is 13.7. The van der Waals surface area contributed by atoms with Gasteiger partial charge in [0.15, 0.2) is 0 Å². The maximum atomic E-state index is 13.3. The lowest BCUT2D eigenvalue weighted by atomic mass is 9.84. The zero-order valence-corrected chi connectivity index (χ0v) is 30.6. The summed E-state index contributed by atoms with van der Waals surface area (Å²) in [6.45, 7) is 6.29. The number of carboxylic acid groups (broad SMARTS) is 2. The van der Waals surface area contributed by atoms with E-state index in [0.717, 1.165) is 89.9 Å². The number of hydrogen-bond acceptors (Lipinski definition) is 6. The van der Waals surface area contributed by atoms with Crippen molar-refractivity contribution in [2.45, 2.75) is 225 Å². The van der Waals surface area contributed by atoms with Gasteiger partial charge in [0, 0.05) is 25.7 Å². The molecule has 0 aromatic rings. The molecule has 1 atom stereocenters. The topological polar surface area (TPSA) is 127 Å². The van der Waals surface area contributed by atoms with E-state index in [2.05, 4.69) is 13.8 Å². The summed E-state index contributed by atoms with van der Waals surface area (Å²) in [6, 6.07) is 0. The van der Waals surface area contributed by atoms with E-state index in [0.29, 0.717) is 38.5 Å². The zero-order chi connectivity index (χ0) is 35.0. The fourth-order valence-electron chi connectivity index (χ4n) is 6.27. The number of carboxylic acids is 2. The number of esters is 2. The van der Waals surface area contributed by atoms with E-state index in [9.17, 15) is 19.2 Å². The Morgan fingerprint density at radius 2 is 0.787 bits per heavy atom. The molecule has 0 fully saturated rings. The van der Waals surface area contributed by atoms with Crippen molar-refractivity contribution in [2.75, 3.05) is 0 Å². The van der Waals surface area contributed by atoms with Crippen LogP contribution in [0.5, 0.6) is 0 Å². The Balaban J connectivity index is 5.41. The molecule has 0 aliphatic rings. The van der Waals surface area contributed by atoms with Crippen LogP contribution >= 0.6 is 0 Å². The van der Waals surface area contributed by atoms with Gasteiger partial charge in [0.1, 0.15) is 11.7 Å². The molecule has 0 bridgehead atoms. The number of carbonyl (C=O) groups is 4. The van der Waals surface area contributed by atoms with Gasteiger partial charge in [0.25, 0.3) is 0 Å². The minimum Gasteiger partial charge on any atom is -0.481 e. The average molecular weight is 669 g/mol. The van der Waals surface area contributed by atoms with Crippen LogP contribution < -0.4 is 0 Å². The van der Waals surface area contributed by atoms with Crippen LogP contribution in [-0.4, -0.2) is 45.8 Å². The van der Waals surface area contributed by atoms with Gasteiger partial charge in [-0.1, -0.05) is 129 Å². The van der Waals surface area contributed by atoms with Gasteiger partial charge in [-0.15, -0.1) is 0 Å². The molecule has 0 saturated carbocycles. The van der Waals surface area contributed by atoms with Crippen molar-refractivity contribution in [3.05, 3.63) is 0 Å². The van der Waals surface area contributed by atoms with Gasteiger partial charge in [0.2, 0.25) is 0 Å². The molecule has 47 heavy (non-hydrogen) atoms. The molecule has 276 valence electrons. The van der Waals surface area contributed by atoms with Gasteiger partial charge in [-0.2, -0.15) is 0 Å². The highest BCUT2D eigenvalue weighted by Crippen LogP contribution is 2.34. The van der Waals surface area contributed by atoms with Gasteiger partial charge < -0.3 is 19.7 Å². The minimum atomic E-state index is -0.907. The number of unbranched alkanes of at least 4 members (excludes halogenated alkanes) is 20. The zero-order valence-electron chi connectivity index (χ0n) is 30.6. The van der Waals surface area contributed by atoms with Gasteiger partial charge in [0.05, 0.1) is 0 Å². The highest BCUT2D eigenvalue weighted by Gasteiger charge is 2.41. The maximum absolute atomic E-state index is 13.3. The molecule has 1 unspecified atom stereocenters. The second kappa shape index (κ2) is 31.2. The third-order valence-corrected chi connectivity index (χ3v) is 9.32. The molecule has 8 heteroatoms. The predicted molar refractivity (Wildman–Crippen MR) is 190 cm³/mol. The Labute approximate surface area is 287 Å². The van der Waals surface area contributed by atoms with E-state index in [-0.39, 0.29) is 24.8 Å². The van der Waals surface area contributed by atoms with E-state index < -0.39 is 23.6 Å². The second-order valence-corrected chi connectivity index (χ2v) is 13.7. The molecule has 2 N–H and O–H groups in total. The van der Waals surface area contributed by atoms with Crippen LogP contribution in [0.3, 0.4) is 0 Å². The summed E-state index contributed by atoms with van der Waals surface area (Å²) in [5, 5.41) is 17.9. The van der Waals surface area contributed by atoms with Gasteiger partial charge in [-0.05, 0) is 58.3 Å². The molecule has 0 heterocycles. The summed E-state index contributed by atoms with van der Waals surface area (Å²) in [4.78, 5) is 48.0. The lowest BCUT2D eigenvalue weighted by Gasteiger charge is -2.38. The molecule has 0 aromatic carbocycles. The van der Waals surface area contributed by atoms with E-state index in [4.69, 9.17) is 19.7 Å². The first-order valence-electron chi connectivity index (χ1n) is 19.5. The van der Waals surface area contributed by atoms with Gasteiger partial charge in [-0.25, -0.2) is 0 Å². The molecule has 0 spiro atoms. The van der Waals surface area contributed by atoms with E-state index in [1.54, 1.807) is 0 Å². The Morgan fingerprint density at radius 3 is 1.17 bits per heavy atom. The summed E-state index contributed by atoms with van der Waals surface area (Å²) < 4.78 is 12.4. The predicted octanol–water partition coefficient (Wildman–Crippen LogP) is 11.1. The van der Waals surface area contributed by atoms with Crippen LogP contribution in [0.15, 0.2) is 0 Å². The Kier molecular flexibility index (Phi) is 29.8. The summed E-state index contributed by atoms with van der Waals surface area (Å²) in [5.41, 5.74) is -0.907. The molecule has 0 radical (unpaired) electrons. The first-order valence-corrected chi connectivity index (χ1v) is 19.5. The average Bonchev–Trinajstić information content (AvgIpc) is 3.02. The van der Waals surface area contributed by atoms with Crippen molar-refractivity contribution in [3.8, 4) is 0 Å². The van der Waals surface area contributed by atoms with Crippen molar-refractivity contribution >= 4 is 23.9 Å². The quantitative estimate of drug-likeness (QED) is 0.0504. The van der Waals surface area contributed by atoms with E-state index in [1.807, 2.05) is 6.92 Å². The molecular formula is C39H72O8. The van der Waals surface area contributed by atoms with Crippen molar-refractivity contribution < 1.29 is 38.9 Å². The largest absolute Gasteiger partial charge is 0.481 e. The Hall–Kier alpha value is -2.12. The number of ether oxygens (including phenoxy) is 2.